The first-order valence-corrected chi connectivity index (χ1v) is 7.17. The van der Waals surface area contributed by atoms with Gasteiger partial charge in [0.2, 0.25) is 0 Å². The normalized spacial score (nSPS) is 20.1. The summed E-state index contributed by atoms with van der Waals surface area (Å²) < 4.78 is 24.3. The Kier molecular flexibility index (Phi) is 3.37. The number of rotatable bonds is 3. The van der Waals surface area contributed by atoms with Crippen molar-refractivity contribution in [1.29, 1.82) is 0 Å². The highest BCUT2D eigenvalue weighted by atomic mass is 32.2. The molecule has 1 heterocycles. The van der Waals surface area contributed by atoms with E-state index in [0.29, 0.717) is 12.2 Å². The molecule has 0 amide bonds. The highest BCUT2D eigenvalue weighted by Gasteiger charge is 2.29. The zero-order chi connectivity index (χ0) is 12.5. The minimum atomic E-state index is -3.67. The maximum atomic E-state index is 11.5. The third kappa shape index (κ3) is 2.43. The molecule has 0 radical (unpaired) electrons. The van der Waals surface area contributed by atoms with Gasteiger partial charge in [-0.1, -0.05) is 25.1 Å². The van der Waals surface area contributed by atoms with Gasteiger partial charge in [0.15, 0.2) is 0 Å². The fourth-order valence-electron chi connectivity index (χ4n) is 2.25. The van der Waals surface area contributed by atoms with Gasteiger partial charge >= 0.3 is 0 Å². The van der Waals surface area contributed by atoms with Gasteiger partial charge in [-0.25, -0.2) is 5.14 Å². The molecule has 1 atom stereocenters. The van der Waals surface area contributed by atoms with E-state index in [9.17, 15) is 8.42 Å². The van der Waals surface area contributed by atoms with Gasteiger partial charge in [0, 0.05) is 12.6 Å². The largest absolute Gasteiger partial charge is 0.310 e. The minimum absolute atomic E-state index is 0.203. The second-order valence-electron chi connectivity index (χ2n) is 4.07. The monoisotopic (exact) mass is 255 g/mol. The number of hydrogen-bond acceptors (Lipinski definition) is 3. The lowest BCUT2D eigenvalue weighted by Crippen LogP contribution is -2.42. The van der Waals surface area contributed by atoms with Crippen molar-refractivity contribution >= 4 is 15.9 Å². The SMILES string of the molecule is CCNC1CCN(S(N)(=O)=O)c2ccccc21. The Morgan fingerprint density at radius 1 is 1.47 bits per heavy atom. The molecule has 3 N–H and O–H groups in total. The summed E-state index contributed by atoms with van der Waals surface area (Å²) in [7, 11) is -3.67. The Labute approximate surface area is 102 Å². The van der Waals surface area contributed by atoms with E-state index >= 15 is 0 Å². The summed E-state index contributed by atoms with van der Waals surface area (Å²) in [4.78, 5) is 0. The predicted octanol–water partition coefficient (Wildman–Crippen LogP) is 0.751. The third-order valence-corrected chi connectivity index (χ3v) is 3.95. The van der Waals surface area contributed by atoms with E-state index in [0.717, 1.165) is 18.5 Å². The van der Waals surface area contributed by atoms with E-state index in [1.807, 2.05) is 25.1 Å². The van der Waals surface area contributed by atoms with Crippen LogP contribution < -0.4 is 14.8 Å². The van der Waals surface area contributed by atoms with Crippen LogP contribution in [0, 0.1) is 0 Å². The highest BCUT2D eigenvalue weighted by molar-refractivity contribution is 7.90. The van der Waals surface area contributed by atoms with Crippen molar-refractivity contribution < 1.29 is 8.42 Å². The fourth-order valence-corrected chi connectivity index (χ4v) is 3.05. The zero-order valence-corrected chi connectivity index (χ0v) is 10.6. The fraction of sp³-hybridized carbons (Fsp3) is 0.455. The molecule has 1 unspecified atom stereocenters. The van der Waals surface area contributed by atoms with Crippen molar-refractivity contribution in [3.63, 3.8) is 0 Å². The van der Waals surface area contributed by atoms with Crippen molar-refractivity contribution in [2.24, 2.45) is 5.14 Å². The van der Waals surface area contributed by atoms with Crippen LogP contribution in [-0.2, 0) is 10.2 Å². The summed E-state index contributed by atoms with van der Waals surface area (Å²) >= 11 is 0. The third-order valence-electron chi connectivity index (χ3n) is 2.96. The average Bonchev–Trinajstić information content (AvgIpc) is 2.28. The Morgan fingerprint density at radius 3 is 2.82 bits per heavy atom. The molecule has 17 heavy (non-hydrogen) atoms. The van der Waals surface area contributed by atoms with Gasteiger partial charge in [0.05, 0.1) is 5.69 Å². The smallest absolute Gasteiger partial charge is 0.299 e. The molecule has 0 bridgehead atoms. The lowest BCUT2D eigenvalue weighted by atomic mass is 9.98. The lowest BCUT2D eigenvalue weighted by Gasteiger charge is -2.33. The highest BCUT2D eigenvalue weighted by Crippen LogP contribution is 2.34. The van der Waals surface area contributed by atoms with Crippen LogP contribution in [0.15, 0.2) is 24.3 Å². The molecule has 1 aromatic rings. The quantitative estimate of drug-likeness (QED) is 0.837. The van der Waals surface area contributed by atoms with Crippen molar-refractivity contribution in [2.45, 2.75) is 19.4 Å². The summed E-state index contributed by atoms with van der Waals surface area (Å²) in [6.45, 7) is 3.32. The summed E-state index contributed by atoms with van der Waals surface area (Å²) in [6.07, 6.45) is 0.737. The van der Waals surface area contributed by atoms with Crippen molar-refractivity contribution in [1.82, 2.24) is 5.32 Å². The lowest BCUT2D eigenvalue weighted by molar-refractivity contribution is 0.502. The van der Waals surface area contributed by atoms with Crippen molar-refractivity contribution in [3.8, 4) is 0 Å². The van der Waals surface area contributed by atoms with Gasteiger partial charge in [-0.15, -0.1) is 0 Å². The first kappa shape index (κ1) is 12.3. The summed E-state index contributed by atoms with van der Waals surface area (Å²) in [5.74, 6) is 0. The molecule has 94 valence electrons. The van der Waals surface area contributed by atoms with Crippen LogP contribution in [0.3, 0.4) is 0 Å². The molecule has 6 heteroatoms. The number of fused-ring (bicyclic) bond motifs is 1. The summed E-state index contributed by atoms with van der Waals surface area (Å²) in [5, 5.41) is 8.57. The number of nitrogens with one attached hydrogen (secondary N) is 1. The molecule has 1 aliphatic rings. The topological polar surface area (TPSA) is 75.4 Å². The van der Waals surface area contributed by atoms with Gasteiger partial charge in [-0.2, -0.15) is 8.42 Å². The molecule has 1 aliphatic heterocycles. The van der Waals surface area contributed by atoms with Gasteiger partial charge in [0.1, 0.15) is 0 Å². The van der Waals surface area contributed by atoms with Crippen LogP contribution in [0.5, 0.6) is 0 Å². The first-order chi connectivity index (χ1) is 8.04. The van der Waals surface area contributed by atoms with E-state index in [-0.39, 0.29) is 6.04 Å². The Morgan fingerprint density at radius 2 is 2.18 bits per heavy atom. The van der Waals surface area contributed by atoms with E-state index < -0.39 is 10.2 Å². The van der Waals surface area contributed by atoms with Crippen LogP contribution in [0.1, 0.15) is 24.9 Å². The Balaban J connectivity index is 2.44. The van der Waals surface area contributed by atoms with Crippen LogP contribution in [-0.4, -0.2) is 21.5 Å². The maximum absolute atomic E-state index is 11.5. The van der Waals surface area contributed by atoms with Gasteiger partial charge < -0.3 is 5.32 Å². The van der Waals surface area contributed by atoms with E-state index in [1.165, 1.54) is 4.31 Å². The second kappa shape index (κ2) is 4.64. The predicted molar refractivity (Wildman–Crippen MR) is 67.9 cm³/mol. The second-order valence-corrected chi connectivity index (χ2v) is 5.55. The number of hydrogen-bond donors (Lipinski definition) is 2. The van der Waals surface area contributed by atoms with Crippen molar-refractivity contribution in [3.05, 3.63) is 29.8 Å². The summed E-state index contributed by atoms with van der Waals surface area (Å²) in [6, 6.07) is 7.68. The number of anilines is 1. The Hall–Kier alpha value is -1.11. The number of benzene rings is 1. The molecule has 1 aromatic carbocycles. The minimum Gasteiger partial charge on any atom is -0.310 e. The van der Waals surface area contributed by atoms with E-state index in [4.69, 9.17) is 5.14 Å². The standard InChI is InChI=1S/C11H17N3O2S/c1-2-13-10-7-8-14(17(12,15)16)11-6-4-3-5-9(10)11/h3-6,10,13H,2,7-8H2,1H3,(H2,12,15,16). The molecule has 0 spiro atoms. The van der Waals surface area contributed by atoms with Crippen molar-refractivity contribution in [2.75, 3.05) is 17.4 Å². The van der Waals surface area contributed by atoms with Gasteiger partial charge in [-0.05, 0) is 24.6 Å². The number of para-hydroxylation sites is 1. The molecule has 0 fully saturated rings. The van der Waals surface area contributed by atoms with Crippen LogP contribution >= 0.6 is 0 Å². The number of nitrogens with two attached hydrogens (primary N) is 1. The molecule has 0 aliphatic carbocycles. The van der Waals surface area contributed by atoms with E-state index in [2.05, 4.69) is 5.32 Å². The molecule has 0 saturated heterocycles. The molecule has 0 aromatic heterocycles. The van der Waals surface area contributed by atoms with E-state index in [1.54, 1.807) is 6.07 Å². The summed E-state index contributed by atoms with van der Waals surface area (Å²) in [5.41, 5.74) is 1.68. The average molecular weight is 255 g/mol. The Bertz CT molecular complexity index is 501. The first-order valence-electron chi connectivity index (χ1n) is 5.67. The number of nitrogens with zero attached hydrogens (tertiary/aromatic N) is 1. The molecular weight excluding hydrogens is 238 g/mol. The molecular formula is C11H17N3O2S. The van der Waals surface area contributed by atoms with Crippen LogP contribution in [0.4, 0.5) is 5.69 Å². The van der Waals surface area contributed by atoms with Gasteiger partial charge in [0.25, 0.3) is 10.2 Å². The zero-order valence-electron chi connectivity index (χ0n) is 9.76. The van der Waals surface area contributed by atoms with Gasteiger partial charge in [-0.3, -0.25) is 4.31 Å². The van der Waals surface area contributed by atoms with Crippen LogP contribution in [0.2, 0.25) is 0 Å². The molecule has 5 nitrogen and oxygen atoms in total. The molecule has 2 rings (SSSR count). The van der Waals surface area contributed by atoms with Crippen LogP contribution in [0.25, 0.3) is 0 Å². The molecule has 0 saturated carbocycles. The maximum Gasteiger partial charge on any atom is 0.299 e.